The molecule has 0 radical (unpaired) electrons. The Labute approximate surface area is 156 Å². The summed E-state index contributed by atoms with van der Waals surface area (Å²) in [5.41, 5.74) is 6.61. The quantitative estimate of drug-likeness (QED) is 0.858. The van der Waals surface area contributed by atoms with Gasteiger partial charge < -0.3 is 16.0 Å². The van der Waals surface area contributed by atoms with Crippen molar-refractivity contribution in [3.63, 3.8) is 0 Å². The average molecular weight is 368 g/mol. The van der Waals surface area contributed by atoms with Crippen LogP contribution in [0.5, 0.6) is 0 Å². The van der Waals surface area contributed by atoms with Crippen molar-refractivity contribution in [1.29, 1.82) is 0 Å². The lowest BCUT2D eigenvalue weighted by molar-refractivity contribution is -0.137. The van der Waals surface area contributed by atoms with Crippen LogP contribution in [0.25, 0.3) is 0 Å². The van der Waals surface area contributed by atoms with E-state index in [4.69, 9.17) is 5.73 Å². The number of carbonyl (C=O) groups excluding carboxylic acids is 2. The number of carbonyl (C=O) groups is 2. The normalized spacial score (nSPS) is 20.6. The molecule has 2 atom stereocenters. The highest BCUT2D eigenvalue weighted by atomic mass is 35.5. The number of nitrogens with two attached hydrogens (primary N) is 1. The SMILES string of the molecule is CC(C)C(NC(=O)c1ccccc1)C(=O)N1CCC(N)C(C)(C)C1.Cl. The van der Waals surface area contributed by atoms with Crippen molar-refractivity contribution in [3.8, 4) is 0 Å². The Balaban J connectivity index is 0.00000312. The maximum atomic E-state index is 13.0. The molecular weight excluding hydrogens is 338 g/mol. The van der Waals surface area contributed by atoms with E-state index in [0.29, 0.717) is 18.7 Å². The summed E-state index contributed by atoms with van der Waals surface area (Å²) in [4.78, 5) is 27.2. The average Bonchev–Trinajstić information content (AvgIpc) is 2.54. The van der Waals surface area contributed by atoms with Gasteiger partial charge in [-0.15, -0.1) is 12.4 Å². The molecule has 5 nitrogen and oxygen atoms in total. The van der Waals surface area contributed by atoms with E-state index in [1.807, 2.05) is 36.9 Å². The van der Waals surface area contributed by atoms with Gasteiger partial charge in [0.05, 0.1) is 0 Å². The Bertz CT molecular complexity index is 590. The fourth-order valence-corrected chi connectivity index (χ4v) is 3.09. The van der Waals surface area contributed by atoms with Gasteiger partial charge in [0, 0.05) is 24.7 Å². The fraction of sp³-hybridized carbons (Fsp3) is 0.579. The molecular formula is C19H30ClN3O2. The summed E-state index contributed by atoms with van der Waals surface area (Å²) in [6.07, 6.45) is 0.788. The molecule has 6 heteroatoms. The molecule has 1 heterocycles. The monoisotopic (exact) mass is 367 g/mol. The zero-order valence-electron chi connectivity index (χ0n) is 15.5. The molecule has 25 heavy (non-hydrogen) atoms. The number of likely N-dealkylation sites (tertiary alicyclic amines) is 1. The molecule has 1 aromatic carbocycles. The van der Waals surface area contributed by atoms with Crippen LogP contribution in [0, 0.1) is 11.3 Å². The fourth-order valence-electron chi connectivity index (χ4n) is 3.09. The third-order valence-corrected chi connectivity index (χ3v) is 4.88. The van der Waals surface area contributed by atoms with Crippen molar-refractivity contribution in [3.05, 3.63) is 35.9 Å². The number of nitrogens with one attached hydrogen (secondary N) is 1. The Morgan fingerprint density at radius 2 is 1.84 bits per heavy atom. The second-order valence-corrected chi connectivity index (χ2v) is 7.70. The lowest BCUT2D eigenvalue weighted by atomic mass is 9.79. The minimum atomic E-state index is -0.525. The highest BCUT2D eigenvalue weighted by Crippen LogP contribution is 2.28. The number of hydrogen-bond acceptors (Lipinski definition) is 3. The van der Waals surface area contributed by atoms with Gasteiger partial charge in [-0.1, -0.05) is 45.9 Å². The Morgan fingerprint density at radius 1 is 1.24 bits per heavy atom. The molecule has 1 fully saturated rings. The van der Waals surface area contributed by atoms with Gasteiger partial charge in [-0.2, -0.15) is 0 Å². The van der Waals surface area contributed by atoms with Crippen LogP contribution in [0.2, 0.25) is 0 Å². The Kier molecular flexibility index (Phi) is 7.44. The predicted octanol–water partition coefficient (Wildman–Crippen LogP) is 2.45. The molecule has 2 rings (SSSR count). The van der Waals surface area contributed by atoms with Crippen molar-refractivity contribution in [1.82, 2.24) is 10.2 Å². The first-order valence-electron chi connectivity index (χ1n) is 8.62. The van der Waals surface area contributed by atoms with Gasteiger partial charge in [0.1, 0.15) is 6.04 Å². The Morgan fingerprint density at radius 3 is 2.36 bits per heavy atom. The highest BCUT2D eigenvalue weighted by Gasteiger charge is 2.38. The molecule has 140 valence electrons. The van der Waals surface area contributed by atoms with Gasteiger partial charge >= 0.3 is 0 Å². The molecule has 0 aliphatic carbocycles. The van der Waals surface area contributed by atoms with E-state index in [2.05, 4.69) is 19.2 Å². The van der Waals surface area contributed by atoms with Gasteiger partial charge in [-0.25, -0.2) is 0 Å². The molecule has 0 saturated carbocycles. The number of piperidine rings is 1. The summed E-state index contributed by atoms with van der Waals surface area (Å²) >= 11 is 0. The van der Waals surface area contributed by atoms with E-state index in [9.17, 15) is 9.59 Å². The van der Waals surface area contributed by atoms with E-state index in [0.717, 1.165) is 6.42 Å². The van der Waals surface area contributed by atoms with Crippen LogP contribution in [0.1, 0.15) is 44.5 Å². The number of benzene rings is 1. The second-order valence-electron chi connectivity index (χ2n) is 7.70. The molecule has 1 aliphatic rings. The van der Waals surface area contributed by atoms with Crippen LogP contribution < -0.4 is 11.1 Å². The minimum Gasteiger partial charge on any atom is -0.340 e. The summed E-state index contributed by atoms with van der Waals surface area (Å²) in [5, 5.41) is 2.91. The van der Waals surface area contributed by atoms with Crippen molar-refractivity contribution in [2.75, 3.05) is 13.1 Å². The zero-order valence-corrected chi connectivity index (χ0v) is 16.3. The number of nitrogens with zero attached hydrogens (tertiary/aromatic N) is 1. The van der Waals surface area contributed by atoms with Crippen molar-refractivity contribution < 1.29 is 9.59 Å². The predicted molar refractivity (Wildman–Crippen MR) is 103 cm³/mol. The van der Waals surface area contributed by atoms with E-state index < -0.39 is 6.04 Å². The number of rotatable bonds is 4. The highest BCUT2D eigenvalue weighted by molar-refractivity contribution is 5.97. The topological polar surface area (TPSA) is 75.4 Å². The van der Waals surface area contributed by atoms with Gasteiger partial charge in [0.15, 0.2) is 0 Å². The van der Waals surface area contributed by atoms with Crippen LogP contribution in [0.4, 0.5) is 0 Å². The summed E-state index contributed by atoms with van der Waals surface area (Å²) in [6.45, 7) is 9.35. The number of hydrogen-bond donors (Lipinski definition) is 2. The maximum Gasteiger partial charge on any atom is 0.251 e. The second kappa shape index (κ2) is 8.68. The molecule has 2 unspecified atom stereocenters. The minimum absolute atomic E-state index is 0. The first-order valence-corrected chi connectivity index (χ1v) is 8.62. The molecule has 1 aromatic rings. The molecule has 1 saturated heterocycles. The summed E-state index contributed by atoms with van der Waals surface area (Å²) in [5.74, 6) is -0.214. The van der Waals surface area contributed by atoms with Gasteiger partial charge in [0.2, 0.25) is 5.91 Å². The third kappa shape index (κ3) is 5.19. The molecule has 0 spiro atoms. The van der Waals surface area contributed by atoms with Crippen LogP contribution in [0.15, 0.2) is 30.3 Å². The van der Waals surface area contributed by atoms with Gasteiger partial charge in [-0.3, -0.25) is 9.59 Å². The lowest BCUT2D eigenvalue weighted by Gasteiger charge is -2.44. The molecule has 2 amide bonds. The van der Waals surface area contributed by atoms with Gasteiger partial charge in [-0.05, 0) is 29.9 Å². The molecule has 0 bridgehead atoms. The number of halogens is 1. The standard InChI is InChI=1S/C19H29N3O2.ClH/c1-13(2)16(21-17(23)14-8-6-5-7-9-14)18(24)22-11-10-15(20)19(3,4)12-22;/h5-9,13,15-16H,10-12,20H2,1-4H3,(H,21,23);1H. The smallest absolute Gasteiger partial charge is 0.251 e. The van der Waals surface area contributed by atoms with Gasteiger partial charge in [0.25, 0.3) is 5.91 Å². The first-order chi connectivity index (χ1) is 11.2. The maximum absolute atomic E-state index is 13.0. The van der Waals surface area contributed by atoms with Crippen molar-refractivity contribution >= 4 is 24.2 Å². The number of amides is 2. The molecule has 3 N–H and O–H groups in total. The van der Waals surface area contributed by atoms with E-state index in [1.165, 1.54) is 0 Å². The van der Waals surface area contributed by atoms with E-state index >= 15 is 0 Å². The van der Waals surface area contributed by atoms with E-state index in [-0.39, 0.29) is 41.6 Å². The zero-order chi connectivity index (χ0) is 17.9. The third-order valence-electron chi connectivity index (χ3n) is 4.88. The molecule has 1 aliphatic heterocycles. The first kappa shape index (κ1) is 21.5. The van der Waals surface area contributed by atoms with Crippen LogP contribution >= 0.6 is 12.4 Å². The van der Waals surface area contributed by atoms with Crippen LogP contribution in [-0.2, 0) is 4.79 Å². The largest absolute Gasteiger partial charge is 0.340 e. The summed E-state index contributed by atoms with van der Waals surface area (Å²) in [7, 11) is 0. The lowest BCUT2D eigenvalue weighted by Crippen LogP contribution is -2.59. The Hall–Kier alpha value is -1.59. The van der Waals surface area contributed by atoms with Crippen LogP contribution in [0.3, 0.4) is 0 Å². The summed E-state index contributed by atoms with van der Waals surface area (Å²) < 4.78 is 0. The van der Waals surface area contributed by atoms with Crippen molar-refractivity contribution in [2.45, 2.75) is 46.2 Å². The van der Waals surface area contributed by atoms with Crippen molar-refractivity contribution in [2.24, 2.45) is 17.1 Å². The summed E-state index contributed by atoms with van der Waals surface area (Å²) in [6, 6.07) is 8.56. The molecule has 0 aromatic heterocycles. The van der Waals surface area contributed by atoms with Crippen LogP contribution in [-0.4, -0.2) is 41.9 Å². The van der Waals surface area contributed by atoms with E-state index in [1.54, 1.807) is 12.1 Å².